The Morgan fingerprint density at radius 2 is 2.18 bits per heavy atom. The van der Waals surface area contributed by atoms with Crippen LogP contribution >= 0.6 is 11.6 Å². The first-order valence-corrected chi connectivity index (χ1v) is 8.23. The van der Waals surface area contributed by atoms with Crippen molar-refractivity contribution in [1.29, 1.82) is 0 Å². The molecule has 1 aromatic heterocycles. The van der Waals surface area contributed by atoms with E-state index in [1.165, 1.54) is 18.2 Å². The Kier molecular flexibility index (Phi) is 6.55. The van der Waals surface area contributed by atoms with Gasteiger partial charge >= 0.3 is 6.09 Å². The van der Waals surface area contributed by atoms with Gasteiger partial charge in [0.05, 0.1) is 16.4 Å². The van der Waals surface area contributed by atoms with Crippen molar-refractivity contribution < 1.29 is 18.3 Å². The van der Waals surface area contributed by atoms with Crippen molar-refractivity contribution in [3.63, 3.8) is 0 Å². The van der Waals surface area contributed by atoms with Crippen molar-refractivity contribution in [2.45, 2.75) is 32.8 Å². The highest BCUT2D eigenvalue weighted by Crippen LogP contribution is 2.27. The van der Waals surface area contributed by atoms with Crippen LogP contribution in [-0.2, 0) is 4.74 Å². The minimum atomic E-state index is -2.87. The van der Waals surface area contributed by atoms with Crippen LogP contribution in [0, 0.1) is 0 Å². The molecule has 1 aromatic carbocycles. The molecule has 0 aliphatic rings. The first-order valence-electron chi connectivity index (χ1n) is 7.85. The topological polar surface area (TPSA) is 118 Å². The van der Waals surface area contributed by atoms with Crippen molar-refractivity contribution >= 4 is 23.4 Å². The zero-order valence-corrected chi connectivity index (χ0v) is 15.9. The summed E-state index contributed by atoms with van der Waals surface area (Å²) in [6.45, 7) is 5.04. The quantitative estimate of drug-likeness (QED) is 0.423. The van der Waals surface area contributed by atoms with Gasteiger partial charge in [-0.15, -0.1) is 0 Å². The summed E-state index contributed by atoms with van der Waals surface area (Å²) < 4.78 is 32.3. The Hall–Kier alpha value is -3.17. The molecule has 12 heteroatoms. The van der Waals surface area contributed by atoms with Gasteiger partial charge in [-0.25, -0.2) is 23.2 Å². The summed E-state index contributed by atoms with van der Waals surface area (Å²) in [5, 5.41) is 9.66. The number of nitrogens with zero attached hydrogens (tertiary/aromatic N) is 6. The standard InChI is InChI=1S/C16H16ClF2N7O2/c1-16(2,3)28-15(27)24-11(7-22-25-20)9-4-5-10(17)12(6-9)26-14(13(18)19)21-8-23-26/h4-8,13H,1-3H3,(H,24,27)/b11-7+. The predicted octanol–water partition coefficient (Wildman–Crippen LogP) is 4.99. The first-order chi connectivity index (χ1) is 13.1. The molecule has 9 nitrogen and oxygen atoms in total. The number of alkyl carbamates (subject to hydrolysis) is 1. The Morgan fingerprint density at radius 1 is 1.46 bits per heavy atom. The second-order valence-corrected chi connectivity index (χ2v) is 6.78. The maximum absolute atomic E-state index is 13.1. The number of carbonyl (C=O) groups excluding carboxylic acids is 1. The van der Waals surface area contributed by atoms with Gasteiger partial charge in [0.25, 0.3) is 6.43 Å². The second-order valence-electron chi connectivity index (χ2n) is 6.37. The molecule has 1 heterocycles. The lowest BCUT2D eigenvalue weighted by Gasteiger charge is -2.20. The zero-order chi connectivity index (χ0) is 20.9. The number of hydrogen-bond acceptors (Lipinski definition) is 5. The normalized spacial score (nSPS) is 11.9. The Morgan fingerprint density at radius 3 is 2.79 bits per heavy atom. The summed E-state index contributed by atoms with van der Waals surface area (Å²) in [6.07, 6.45) is -1.65. The summed E-state index contributed by atoms with van der Waals surface area (Å²) in [6, 6.07) is 4.31. The van der Waals surface area contributed by atoms with Crippen molar-refractivity contribution in [1.82, 2.24) is 20.1 Å². The molecule has 0 saturated carbocycles. The van der Waals surface area contributed by atoms with Gasteiger partial charge in [0.15, 0.2) is 5.82 Å². The predicted molar refractivity (Wildman–Crippen MR) is 97.8 cm³/mol. The average molecular weight is 412 g/mol. The lowest BCUT2D eigenvalue weighted by molar-refractivity contribution is 0.0558. The fourth-order valence-electron chi connectivity index (χ4n) is 2.10. The number of alkyl halides is 2. The van der Waals surface area contributed by atoms with Crippen LogP contribution < -0.4 is 5.32 Å². The highest BCUT2D eigenvalue weighted by atomic mass is 35.5. The number of amides is 1. The number of aromatic nitrogens is 3. The number of benzene rings is 1. The summed E-state index contributed by atoms with van der Waals surface area (Å²) in [7, 11) is 0. The summed E-state index contributed by atoms with van der Waals surface area (Å²) >= 11 is 6.12. The van der Waals surface area contributed by atoms with Gasteiger partial charge in [-0.3, -0.25) is 5.32 Å². The molecule has 0 aliphatic heterocycles. The highest BCUT2D eigenvalue weighted by molar-refractivity contribution is 6.32. The number of halogens is 3. The number of ether oxygens (including phenoxy) is 1. The number of carbonyl (C=O) groups is 1. The molecule has 0 unspecified atom stereocenters. The molecule has 1 N–H and O–H groups in total. The van der Waals surface area contributed by atoms with Crippen LogP contribution in [0.15, 0.2) is 35.8 Å². The lowest BCUT2D eigenvalue weighted by atomic mass is 10.1. The lowest BCUT2D eigenvalue weighted by Crippen LogP contribution is -2.31. The number of nitrogens with one attached hydrogen (secondary N) is 1. The minimum Gasteiger partial charge on any atom is -0.444 e. The molecular formula is C16H16ClF2N7O2. The van der Waals surface area contributed by atoms with Gasteiger partial charge in [-0.1, -0.05) is 22.8 Å². The molecule has 0 aliphatic carbocycles. The van der Waals surface area contributed by atoms with Gasteiger partial charge in [0.1, 0.15) is 11.9 Å². The molecule has 1 amide bonds. The molecule has 0 saturated heterocycles. The zero-order valence-electron chi connectivity index (χ0n) is 15.1. The van der Waals surface area contributed by atoms with E-state index in [-0.39, 0.29) is 16.4 Å². The van der Waals surface area contributed by atoms with Crippen LogP contribution in [0.4, 0.5) is 13.6 Å². The van der Waals surface area contributed by atoms with E-state index in [9.17, 15) is 13.6 Å². The molecule has 0 bridgehead atoms. The smallest absolute Gasteiger partial charge is 0.412 e. The van der Waals surface area contributed by atoms with Gasteiger partial charge in [0, 0.05) is 16.7 Å². The van der Waals surface area contributed by atoms with Crippen LogP contribution in [-0.4, -0.2) is 26.5 Å². The summed E-state index contributed by atoms with van der Waals surface area (Å²) in [5.41, 5.74) is 8.30. The van der Waals surface area contributed by atoms with Crippen LogP contribution in [0.1, 0.15) is 38.6 Å². The third-order valence-electron chi connectivity index (χ3n) is 3.13. The minimum absolute atomic E-state index is 0.0729. The van der Waals surface area contributed by atoms with E-state index in [0.29, 0.717) is 5.56 Å². The molecule has 0 radical (unpaired) electrons. The van der Waals surface area contributed by atoms with Crippen LogP contribution in [0.5, 0.6) is 0 Å². The first kappa shape index (κ1) is 21.1. The second kappa shape index (κ2) is 8.68. The molecule has 148 valence electrons. The molecule has 0 spiro atoms. The maximum Gasteiger partial charge on any atom is 0.412 e. The van der Waals surface area contributed by atoms with Crippen LogP contribution in [0.3, 0.4) is 0 Å². The van der Waals surface area contributed by atoms with Crippen molar-refractivity contribution in [2.24, 2.45) is 5.11 Å². The van der Waals surface area contributed by atoms with Crippen LogP contribution in [0.25, 0.3) is 21.8 Å². The van der Waals surface area contributed by atoms with E-state index in [0.717, 1.165) is 17.2 Å². The van der Waals surface area contributed by atoms with E-state index < -0.39 is 23.9 Å². The SMILES string of the molecule is CC(C)(C)OC(=O)N/C(=C/N=[N+]=[N-])c1ccc(Cl)c(-n2ncnc2C(F)F)c1. The van der Waals surface area contributed by atoms with Crippen molar-refractivity contribution in [3.8, 4) is 5.69 Å². The largest absolute Gasteiger partial charge is 0.444 e. The third kappa shape index (κ3) is 5.41. The molecule has 2 aromatic rings. The van der Waals surface area contributed by atoms with Crippen molar-refractivity contribution in [3.05, 3.63) is 57.6 Å². The Labute approximate surface area is 163 Å². The summed E-state index contributed by atoms with van der Waals surface area (Å²) in [5.74, 6) is -0.597. The number of hydrogen-bond donors (Lipinski definition) is 1. The number of azide groups is 1. The molecule has 0 atom stereocenters. The molecule has 2 rings (SSSR count). The fraction of sp³-hybridized carbons (Fsp3) is 0.312. The van der Waals surface area contributed by atoms with Crippen molar-refractivity contribution in [2.75, 3.05) is 0 Å². The summed E-state index contributed by atoms with van der Waals surface area (Å²) in [4.78, 5) is 18.2. The van der Waals surface area contributed by atoms with E-state index in [1.807, 2.05) is 0 Å². The van der Waals surface area contributed by atoms with E-state index in [1.54, 1.807) is 20.8 Å². The monoisotopic (exact) mass is 411 g/mol. The molecule has 0 fully saturated rings. The van der Waals surface area contributed by atoms with E-state index in [4.69, 9.17) is 21.9 Å². The maximum atomic E-state index is 13.1. The van der Waals surface area contributed by atoms with Crippen LogP contribution in [0.2, 0.25) is 5.02 Å². The fourth-order valence-corrected chi connectivity index (χ4v) is 2.30. The van der Waals surface area contributed by atoms with Gasteiger partial charge in [-0.2, -0.15) is 5.10 Å². The highest BCUT2D eigenvalue weighted by Gasteiger charge is 2.20. The molecule has 28 heavy (non-hydrogen) atoms. The third-order valence-corrected chi connectivity index (χ3v) is 3.45. The van der Waals surface area contributed by atoms with E-state index >= 15 is 0 Å². The Bertz CT molecular complexity index is 947. The Balaban J connectivity index is 2.46. The molecular weight excluding hydrogens is 396 g/mol. The number of rotatable bonds is 5. The van der Waals surface area contributed by atoms with Gasteiger partial charge in [-0.05, 0) is 38.4 Å². The van der Waals surface area contributed by atoms with Gasteiger partial charge < -0.3 is 4.74 Å². The van der Waals surface area contributed by atoms with E-state index in [2.05, 4.69) is 25.4 Å². The average Bonchev–Trinajstić information content (AvgIpc) is 3.07. The van der Waals surface area contributed by atoms with Gasteiger partial charge in [0.2, 0.25) is 0 Å².